The first-order chi connectivity index (χ1) is 17.6. The molecule has 0 unspecified atom stereocenters. The molecular formula is C27H27N5O4. The first-order valence-electron chi connectivity index (χ1n) is 11.3. The number of hydrogen-bond donors (Lipinski definition) is 2. The molecule has 0 bridgehead atoms. The molecule has 0 saturated carbocycles. The molecule has 2 aromatic carbocycles. The molecule has 0 atom stereocenters. The van der Waals surface area contributed by atoms with Crippen LogP contribution in [0, 0.1) is 6.92 Å². The minimum absolute atomic E-state index is 0.0254. The van der Waals surface area contributed by atoms with Gasteiger partial charge in [0.15, 0.2) is 11.6 Å². The molecule has 0 aliphatic heterocycles. The fraction of sp³-hybridized carbons (Fsp3) is 0.185. The summed E-state index contributed by atoms with van der Waals surface area (Å²) in [5.41, 5.74) is 4.06. The number of anilines is 2. The van der Waals surface area contributed by atoms with E-state index in [4.69, 9.17) is 9.57 Å². The van der Waals surface area contributed by atoms with Gasteiger partial charge < -0.3 is 20.0 Å². The van der Waals surface area contributed by atoms with Gasteiger partial charge in [0, 0.05) is 19.0 Å². The number of aryl methyl sites for hydroxylation is 1. The van der Waals surface area contributed by atoms with E-state index in [1.807, 2.05) is 61.5 Å². The van der Waals surface area contributed by atoms with Crippen LogP contribution in [0.5, 0.6) is 5.75 Å². The van der Waals surface area contributed by atoms with Gasteiger partial charge in [-0.25, -0.2) is 9.97 Å². The molecule has 0 radical (unpaired) electrons. The van der Waals surface area contributed by atoms with Crippen molar-refractivity contribution >= 4 is 34.4 Å². The van der Waals surface area contributed by atoms with Gasteiger partial charge in [0.2, 0.25) is 5.91 Å². The molecule has 0 aliphatic carbocycles. The molecule has 184 valence electrons. The minimum atomic E-state index is -0.177. The highest BCUT2D eigenvalue weighted by molar-refractivity contribution is 5.92. The summed E-state index contributed by atoms with van der Waals surface area (Å²) in [6.45, 7) is 2.27. The molecule has 1 amide bonds. The van der Waals surface area contributed by atoms with Gasteiger partial charge in [-0.3, -0.25) is 9.78 Å². The predicted molar refractivity (Wildman–Crippen MR) is 138 cm³/mol. The van der Waals surface area contributed by atoms with Crippen LogP contribution in [0.2, 0.25) is 0 Å². The molecule has 4 rings (SSSR count). The lowest BCUT2D eigenvalue weighted by Gasteiger charge is -2.24. The van der Waals surface area contributed by atoms with E-state index in [-0.39, 0.29) is 19.1 Å². The summed E-state index contributed by atoms with van der Waals surface area (Å²) in [6.07, 6.45) is 6.83. The fourth-order valence-corrected chi connectivity index (χ4v) is 3.51. The molecular weight excluding hydrogens is 458 g/mol. The van der Waals surface area contributed by atoms with Gasteiger partial charge in [-0.05, 0) is 54.4 Å². The summed E-state index contributed by atoms with van der Waals surface area (Å²) in [7, 11) is 1.48. The van der Waals surface area contributed by atoms with E-state index in [1.54, 1.807) is 23.4 Å². The van der Waals surface area contributed by atoms with E-state index >= 15 is 0 Å². The van der Waals surface area contributed by atoms with E-state index in [1.165, 1.54) is 13.4 Å². The number of aromatic nitrogens is 3. The zero-order chi connectivity index (χ0) is 25.3. The molecule has 2 aromatic heterocycles. The normalized spacial score (nSPS) is 11.1. The van der Waals surface area contributed by atoms with E-state index in [9.17, 15) is 9.90 Å². The molecule has 9 nitrogen and oxygen atoms in total. The lowest BCUT2D eigenvalue weighted by atomic mass is 10.1. The van der Waals surface area contributed by atoms with Crippen LogP contribution >= 0.6 is 0 Å². The number of fused-ring (bicyclic) bond motifs is 1. The second-order valence-corrected chi connectivity index (χ2v) is 7.98. The Kier molecular flexibility index (Phi) is 8.17. The number of aliphatic hydroxyl groups excluding tert-OH is 1. The number of pyridine rings is 1. The Bertz CT molecular complexity index is 1360. The Morgan fingerprint density at radius 3 is 2.75 bits per heavy atom. The highest BCUT2D eigenvalue weighted by Crippen LogP contribution is 2.32. The van der Waals surface area contributed by atoms with Crippen LogP contribution in [0.3, 0.4) is 0 Å². The van der Waals surface area contributed by atoms with Crippen molar-refractivity contribution in [3.8, 4) is 5.75 Å². The number of carbonyl (C=O) groups excluding carboxylic acids is 1. The van der Waals surface area contributed by atoms with Crippen molar-refractivity contribution in [2.24, 2.45) is 0 Å². The number of methoxy groups -OCH3 is 1. The number of amides is 1. The summed E-state index contributed by atoms with van der Waals surface area (Å²) in [4.78, 5) is 31.0. The van der Waals surface area contributed by atoms with Crippen LogP contribution in [0.25, 0.3) is 17.0 Å². The van der Waals surface area contributed by atoms with Gasteiger partial charge in [0.25, 0.3) is 0 Å². The van der Waals surface area contributed by atoms with Crippen LogP contribution in [-0.4, -0.2) is 46.2 Å². The fourth-order valence-electron chi connectivity index (χ4n) is 3.51. The van der Waals surface area contributed by atoms with Crippen molar-refractivity contribution in [1.29, 1.82) is 0 Å². The Morgan fingerprint density at radius 1 is 1.11 bits per heavy atom. The molecule has 36 heavy (non-hydrogen) atoms. The number of rotatable bonds is 10. The molecule has 9 heteroatoms. The Morgan fingerprint density at radius 2 is 2.00 bits per heavy atom. The van der Waals surface area contributed by atoms with E-state index in [2.05, 4.69) is 20.3 Å². The van der Waals surface area contributed by atoms with Crippen molar-refractivity contribution in [2.45, 2.75) is 13.5 Å². The van der Waals surface area contributed by atoms with Crippen molar-refractivity contribution in [1.82, 2.24) is 20.3 Å². The molecule has 0 aliphatic rings. The quantitative estimate of drug-likeness (QED) is 0.327. The maximum Gasteiger partial charge on any atom is 0.246 e. The third-order valence-corrected chi connectivity index (χ3v) is 5.23. The summed E-state index contributed by atoms with van der Waals surface area (Å²) >= 11 is 0. The van der Waals surface area contributed by atoms with Crippen molar-refractivity contribution in [2.75, 3.05) is 25.3 Å². The van der Waals surface area contributed by atoms with Gasteiger partial charge in [0.05, 0.1) is 29.7 Å². The second kappa shape index (κ2) is 11.9. The topological polar surface area (TPSA) is 110 Å². The third-order valence-electron chi connectivity index (χ3n) is 5.23. The standard InChI is InChI=1S/C27H27N5O4/c1-19-5-3-7-22(13-19)32(36-23-10-9-21(16-33)29-15-23)27-24-14-20(8-11-25(24)30-18-31-27)6-4-12-28-26(34)17-35-2/h3-11,13-15,18,33H,12,16-17H2,1-2H3,(H,28,34). The zero-order valence-corrected chi connectivity index (χ0v) is 20.1. The number of hydrogen-bond acceptors (Lipinski definition) is 8. The monoisotopic (exact) mass is 485 g/mol. The zero-order valence-electron chi connectivity index (χ0n) is 20.1. The summed E-state index contributed by atoms with van der Waals surface area (Å²) in [6, 6.07) is 17.2. The smallest absolute Gasteiger partial charge is 0.246 e. The number of carbonyl (C=O) groups is 1. The van der Waals surface area contributed by atoms with Crippen molar-refractivity contribution in [3.63, 3.8) is 0 Å². The number of nitrogens with one attached hydrogen (secondary N) is 1. The molecule has 0 saturated heterocycles. The van der Waals surface area contributed by atoms with Gasteiger partial charge >= 0.3 is 0 Å². The molecule has 2 heterocycles. The number of benzene rings is 2. The highest BCUT2D eigenvalue weighted by atomic mass is 16.7. The van der Waals surface area contributed by atoms with E-state index < -0.39 is 0 Å². The lowest BCUT2D eigenvalue weighted by Crippen LogP contribution is -2.26. The van der Waals surface area contributed by atoms with E-state index in [0.29, 0.717) is 23.8 Å². The van der Waals surface area contributed by atoms with Crippen LogP contribution in [0.1, 0.15) is 16.8 Å². The SMILES string of the molecule is COCC(=O)NCC=Cc1ccc2ncnc(N(Oc3ccc(CO)nc3)c3cccc(C)c3)c2c1. The first kappa shape index (κ1) is 24.8. The summed E-state index contributed by atoms with van der Waals surface area (Å²) in [5, 5.41) is 14.5. The van der Waals surface area contributed by atoms with Gasteiger partial charge in [-0.15, -0.1) is 0 Å². The Labute approximate surface area is 209 Å². The van der Waals surface area contributed by atoms with Crippen molar-refractivity contribution in [3.05, 3.63) is 90.0 Å². The Balaban J connectivity index is 1.69. The average Bonchev–Trinajstić information content (AvgIpc) is 2.90. The van der Waals surface area contributed by atoms with Crippen LogP contribution < -0.4 is 15.2 Å². The average molecular weight is 486 g/mol. The maximum absolute atomic E-state index is 11.6. The minimum Gasteiger partial charge on any atom is -0.390 e. The van der Waals surface area contributed by atoms with Crippen LogP contribution in [0.15, 0.2) is 73.2 Å². The van der Waals surface area contributed by atoms with Crippen LogP contribution in [-0.2, 0) is 16.1 Å². The number of aliphatic hydroxyl groups is 1. The largest absolute Gasteiger partial charge is 0.390 e. The van der Waals surface area contributed by atoms with Crippen molar-refractivity contribution < 1.29 is 19.5 Å². The lowest BCUT2D eigenvalue weighted by molar-refractivity contribution is -0.124. The maximum atomic E-state index is 11.6. The number of nitrogens with zero attached hydrogens (tertiary/aromatic N) is 4. The second-order valence-electron chi connectivity index (χ2n) is 7.98. The Hall–Kier alpha value is -4.34. The highest BCUT2D eigenvalue weighted by Gasteiger charge is 2.18. The van der Waals surface area contributed by atoms with E-state index in [0.717, 1.165) is 27.7 Å². The molecule has 4 aromatic rings. The van der Waals surface area contributed by atoms with Gasteiger partial charge in [0.1, 0.15) is 12.9 Å². The summed E-state index contributed by atoms with van der Waals surface area (Å²) < 4.78 is 4.82. The molecule has 2 N–H and O–H groups in total. The molecule has 0 spiro atoms. The van der Waals surface area contributed by atoms with Gasteiger partial charge in [-0.2, -0.15) is 5.06 Å². The summed E-state index contributed by atoms with van der Waals surface area (Å²) in [5.74, 6) is 0.868. The number of ether oxygens (including phenoxy) is 1. The molecule has 0 fully saturated rings. The van der Waals surface area contributed by atoms with Crippen LogP contribution in [0.4, 0.5) is 11.5 Å². The third kappa shape index (κ3) is 6.21. The predicted octanol–water partition coefficient (Wildman–Crippen LogP) is 3.73. The first-order valence-corrected chi connectivity index (χ1v) is 11.3. The van der Waals surface area contributed by atoms with Gasteiger partial charge in [-0.1, -0.05) is 30.4 Å².